The predicted molar refractivity (Wildman–Crippen MR) is 503 cm³/mol. The minimum absolute atomic E-state index is 0. The number of fused-ring (bicyclic) bond motifs is 8. The monoisotopic (exact) mass is 2260 g/mol. The number of carboxylic acid groups (broad SMARTS) is 1. The number of hydrogen-bond donors (Lipinski definition) is 6. The number of nitrogens with zero attached hydrogens (tertiary/aromatic N) is 9. The number of benzene rings is 2. The van der Waals surface area contributed by atoms with Gasteiger partial charge < -0.3 is 166 Å². The first-order chi connectivity index (χ1) is 68.5. The summed E-state index contributed by atoms with van der Waals surface area (Å²) in [6, 6.07) is 1.91. The topological polar surface area (TPSA) is 553 Å². The molecule has 0 bridgehead atoms. The zero-order valence-corrected chi connectivity index (χ0v) is 89.3. The second-order valence-electron chi connectivity index (χ2n) is 36.8. The van der Waals surface area contributed by atoms with Crippen LogP contribution in [0.4, 0.5) is 17.6 Å². The van der Waals surface area contributed by atoms with E-state index in [-0.39, 0.29) is 258 Å². The fourth-order valence-corrected chi connectivity index (χ4v) is 22.6. The Hall–Kier alpha value is -11.1. The van der Waals surface area contributed by atoms with E-state index in [4.69, 9.17) is 76.7 Å². The van der Waals surface area contributed by atoms with E-state index in [1.807, 2.05) is 27.7 Å². The fourth-order valence-electron chi connectivity index (χ4n) is 22.3. The summed E-state index contributed by atoms with van der Waals surface area (Å²) in [5.74, 6) is -12.7. The van der Waals surface area contributed by atoms with Crippen molar-refractivity contribution in [2.75, 3.05) is 82.8 Å². The number of esters is 3. The van der Waals surface area contributed by atoms with E-state index in [0.717, 1.165) is 89.6 Å². The third kappa shape index (κ3) is 20.2. The first kappa shape index (κ1) is 120. The second kappa shape index (κ2) is 47.4. The van der Waals surface area contributed by atoms with Crippen LogP contribution in [0.1, 0.15) is 276 Å². The summed E-state index contributed by atoms with van der Waals surface area (Å²) >= 11 is 11.2. The number of nitrogens with two attached hydrogens (primary N) is 1. The van der Waals surface area contributed by atoms with Crippen molar-refractivity contribution in [3.05, 3.63) is 207 Å². The molecule has 149 heavy (non-hydrogen) atoms. The molecule has 8 aliphatic heterocycles. The van der Waals surface area contributed by atoms with Crippen molar-refractivity contribution < 1.29 is 196 Å². The maximum Gasteiger partial charge on any atom is 2.00 e. The van der Waals surface area contributed by atoms with E-state index in [0.29, 0.717) is 77.8 Å². The molecule has 5 aliphatic carbocycles. The smallest absolute Gasteiger partial charge is 1.00 e. The van der Waals surface area contributed by atoms with Gasteiger partial charge in [0.2, 0.25) is 27.1 Å². The number of aromatic carboxylic acids is 1. The SMILES string of the molecule is COC(=O)c1cn([C@H]2CCCC2=O)c(C(=O)OC)c(OC)c1=O.COC(=O)c1cn2c(c(OC)c1=O)C(=O)N1[C@H](C)CO[C@]13CCC[C@H]23.COc1c2n(cc(C(=O)NCc3ccc(F)c(Cl)c3F)c1=O)[C@H]1CCC[C@]13OC[C@@H](C)N3C2=O.COc1c2n(cc(C(=O)O)c1=O)[C@H]1CCC[C@]13OC[C@@H](C)N3C2=O.C[C@@H](N)CO.C[C@@H]1CO[C@@]23CCC[C@@H]2n2cc(C(=O)NCc4ccc(F)c(Cl)c4F)c(=O)c(O)c2C(=O)N13.[Br-].[Br-].[Li+].[Mg+2].[OH-]. The van der Waals surface area contributed by atoms with Crippen molar-refractivity contribution in [3.63, 3.8) is 0 Å². The molecule has 5 aromatic heterocycles. The van der Waals surface area contributed by atoms with Crippen LogP contribution in [0.2, 0.25) is 10.0 Å². The summed E-state index contributed by atoms with van der Waals surface area (Å²) < 4.78 is 122. The Morgan fingerprint density at radius 1 is 0.456 bits per heavy atom. The maximum atomic E-state index is 14.2. The van der Waals surface area contributed by atoms with Crippen LogP contribution in [-0.4, -0.2) is 287 Å². The Bertz CT molecular complexity index is 6840. The molecule has 9 fully saturated rings. The van der Waals surface area contributed by atoms with Crippen LogP contribution in [0.25, 0.3) is 0 Å². The Morgan fingerprint density at radius 3 is 1.07 bits per heavy atom. The number of carbonyl (C=O) groups is 11. The van der Waals surface area contributed by atoms with Gasteiger partial charge in [-0.3, -0.25) is 57.5 Å². The van der Waals surface area contributed by atoms with Crippen molar-refractivity contribution in [3.8, 4) is 28.7 Å². The average molecular weight is 2260 g/mol. The molecular formula is C96H107Br2Cl2F4LiMgN12O31. The first-order valence-electron chi connectivity index (χ1n) is 46.4. The molecule has 7 aromatic rings. The molecule has 43 nitrogen and oxygen atoms in total. The molecule has 2 aromatic carbocycles. The van der Waals surface area contributed by atoms with E-state index < -0.39 is 148 Å². The number of pyridine rings is 5. The Kier molecular flexibility index (Phi) is 38.1. The van der Waals surface area contributed by atoms with Gasteiger partial charge in [0.15, 0.2) is 85.9 Å². The fraction of sp³-hybridized carbons (Fsp3) is 0.500. The van der Waals surface area contributed by atoms with Crippen molar-refractivity contribution in [2.24, 2.45) is 5.73 Å². The summed E-state index contributed by atoms with van der Waals surface area (Å²) in [5.41, 5.74) is -3.70. The number of ketones is 1. The minimum atomic E-state index is -1.34. The molecule has 53 heteroatoms. The average Bonchev–Trinajstić information content (AvgIpc) is 1.56. The molecule has 20 rings (SSSR count). The number of hydrogen-bond acceptors (Lipinski definition) is 31. The molecule has 14 atom stereocenters. The maximum absolute atomic E-state index is 14.2. The van der Waals surface area contributed by atoms with Gasteiger partial charge in [-0.1, -0.05) is 35.3 Å². The van der Waals surface area contributed by atoms with Gasteiger partial charge in [0.1, 0.15) is 61.1 Å². The molecule has 6 amide bonds. The van der Waals surface area contributed by atoms with Gasteiger partial charge >= 0.3 is 65.8 Å². The van der Waals surface area contributed by atoms with Crippen LogP contribution in [0.5, 0.6) is 28.7 Å². The molecule has 4 saturated heterocycles. The van der Waals surface area contributed by atoms with E-state index in [1.54, 1.807) is 40.2 Å². The summed E-state index contributed by atoms with van der Waals surface area (Å²) in [6.45, 7) is 10.3. The number of carbonyl (C=O) groups excluding carboxylic acids is 10. The van der Waals surface area contributed by atoms with Crippen LogP contribution in [0, 0.1) is 23.3 Å². The van der Waals surface area contributed by atoms with E-state index in [1.165, 1.54) is 69.5 Å². The van der Waals surface area contributed by atoms with Crippen molar-refractivity contribution >= 4 is 111 Å². The van der Waals surface area contributed by atoms with Crippen molar-refractivity contribution in [2.45, 2.75) is 227 Å². The normalized spacial score (nSPS) is 24.5. The van der Waals surface area contributed by atoms with Gasteiger partial charge in [-0.2, -0.15) is 0 Å². The zero-order valence-electron chi connectivity index (χ0n) is 83.2. The van der Waals surface area contributed by atoms with Crippen LogP contribution >= 0.6 is 23.2 Å². The number of ether oxygens (including phenoxy) is 11. The molecule has 4 spiro atoms. The number of aliphatic hydroxyl groups is 1. The van der Waals surface area contributed by atoms with Gasteiger partial charge in [0.05, 0.1) is 137 Å². The van der Waals surface area contributed by atoms with Crippen LogP contribution in [0.15, 0.2) is 79.2 Å². The number of aliphatic hydroxyl groups excluding tert-OH is 1. The number of halogens is 8. The number of carboxylic acids is 1. The Morgan fingerprint density at radius 2 is 0.752 bits per heavy atom. The summed E-state index contributed by atoms with van der Waals surface area (Å²) in [7, 11) is 8.57. The largest absolute Gasteiger partial charge is 2.00 e. The second-order valence-corrected chi connectivity index (χ2v) is 37.6. The molecule has 5 saturated carbocycles. The molecule has 0 unspecified atom stereocenters. The van der Waals surface area contributed by atoms with Gasteiger partial charge in [-0.05, 0) is 137 Å². The Balaban J connectivity index is 0.000000188. The third-order valence-corrected chi connectivity index (χ3v) is 29.3. The number of methoxy groups -OCH3 is 7. The quantitative estimate of drug-likeness (QED) is 0.0201. The number of aromatic nitrogens is 5. The molecular weight excluding hydrogens is 2160 g/mol. The van der Waals surface area contributed by atoms with Gasteiger partial charge in [0.25, 0.3) is 35.4 Å². The zero-order chi connectivity index (χ0) is 105. The predicted octanol–water partition coefficient (Wildman–Crippen LogP) is -1.98. The van der Waals surface area contributed by atoms with Crippen molar-refractivity contribution in [1.82, 2.24) is 53.1 Å². The molecule has 8 N–H and O–H groups in total. The molecule has 13 aliphatic rings. The third-order valence-electron chi connectivity index (χ3n) is 28.6. The van der Waals surface area contributed by atoms with Crippen LogP contribution in [0.3, 0.4) is 0 Å². The number of aromatic hydroxyl groups is 1. The summed E-state index contributed by atoms with van der Waals surface area (Å²) in [4.78, 5) is 208. The minimum Gasteiger partial charge on any atom is -1.00 e. The number of amides is 6. The molecule has 796 valence electrons. The molecule has 13 heterocycles. The standard InChI is InChI=1S/C23H22ClF2N3O5.C22H20ClF2N3O5.C17H20N2O6.C16H18N2O6.C15H17NO7.C3H9NO.2BrH.Li.Mg.H2O/c1-11-10-34-23-7-3-4-15(23)28-9-13(19(30)20(33-2)18(28)22(32)29(11)23)21(31)27-8-12-5-6-14(25)16(24)17(12)26;1-10-9-33-22-6-2-3-14(22)27-8-12(18(29)19(30)17(27)21(32)28(10)22)20(31)26-7-11-4-5-13(24)15(23)16(11)25;1-9-8-25-17-6-4-5-11(17)18-7-10(16(22)24-3)13(20)14(23-2)12(18)15(21)19(9)17;1-8-7-24-16-5-3-4-10(16)17-6-9(15(21)22)12(19)13(23-2)11(17)14(20)18(8)16;1-21-13-11(15(20)23-3)16(9-5-4-6-10(9)17)7-8(12(13)18)14(19)22-2;1-3(4)2-5;;;;;/h5-6,9,11,15H,3-4,7-8,10H2,1-2H3,(H,27,31);4-5,8,10,14,30H,2-3,6-7,9H2,1H3,(H,26,31);7,9,11H,4-6,8H2,1-3H3;6,8,10H,3-5,7H2,1-2H3,(H,21,22);7,9H,4-6H2,1-3H3;3,5H,2,4H2,1H3;2*1H;;;1H2/q;;;;;;;;+1;+2;/p-3/t11-,15+,23+;10-,14+,22+;9-,11+,17+;8-,10+,16+;9-;3-;;;;;/m111101...../s1. The molecule has 0 radical (unpaired) electrons. The van der Waals surface area contributed by atoms with E-state index >= 15 is 0 Å². The summed E-state index contributed by atoms with van der Waals surface area (Å²) in [6.07, 6.45) is 16.8. The first-order valence-corrected chi connectivity index (χ1v) is 47.1. The van der Waals surface area contributed by atoms with Crippen LogP contribution in [-0.2, 0) is 51.0 Å². The van der Waals surface area contributed by atoms with Crippen molar-refractivity contribution in [1.29, 1.82) is 0 Å². The Labute approximate surface area is 905 Å². The van der Waals surface area contributed by atoms with Gasteiger partial charge in [-0.15, -0.1) is 0 Å². The van der Waals surface area contributed by atoms with E-state index in [9.17, 15) is 104 Å². The van der Waals surface area contributed by atoms with Gasteiger partial charge in [0, 0.05) is 67.7 Å². The van der Waals surface area contributed by atoms with Gasteiger partial charge in [-0.25, -0.2) is 36.7 Å². The number of rotatable bonds is 16. The van der Waals surface area contributed by atoms with E-state index in [2.05, 4.69) is 20.1 Å². The number of Topliss-reactive ketones (excluding diaryl/α,β-unsaturated/α-hetero) is 1. The summed E-state index contributed by atoms with van der Waals surface area (Å²) in [5, 5.41) is 31.5. The van der Waals surface area contributed by atoms with Crippen LogP contribution < -0.4 is 115 Å². The number of nitrogens with one attached hydrogen (secondary N) is 2.